The maximum atomic E-state index is 10.7. The lowest BCUT2D eigenvalue weighted by atomic mass is 10.2. The molecule has 15 heavy (non-hydrogen) atoms. The monoisotopic (exact) mass is 206 g/mol. The first kappa shape index (κ1) is 11.2. The zero-order valence-corrected chi connectivity index (χ0v) is 8.44. The average Bonchev–Trinajstić information content (AvgIpc) is 2.08. The van der Waals surface area contributed by atoms with Crippen LogP contribution < -0.4 is 9.47 Å². The van der Waals surface area contributed by atoms with Crippen molar-refractivity contribution in [1.29, 1.82) is 0 Å². The molecular weight excluding hydrogens is 196 g/mol. The quantitative estimate of drug-likeness (QED) is 0.544. The molecule has 0 saturated carbocycles. The Morgan fingerprint density at radius 2 is 1.73 bits per heavy atom. The molecule has 1 aromatic carbocycles. The second kappa shape index (κ2) is 4.59. The summed E-state index contributed by atoms with van der Waals surface area (Å²) >= 11 is 0. The van der Waals surface area contributed by atoms with Crippen LogP contribution in [0, 0.1) is 6.92 Å². The Kier molecular flexibility index (Phi) is 3.44. The second-order valence-electron chi connectivity index (χ2n) is 2.89. The molecule has 4 nitrogen and oxygen atoms in total. The molecule has 1 rings (SSSR count). The van der Waals surface area contributed by atoms with Crippen molar-refractivity contribution < 1.29 is 19.1 Å². The van der Waals surface area contributed by atoms with Crippen LogP contribution in [0.1, 0.15) is 19.4 Å². The zero-order valence-electron chi connectivity index (χ0n) is 8.44. The number of hydrogen-bond acceptors (Lipinski definition) is 4. The smallest absolute Gasteiger partial charge is 0.308 e. The van der Waals surface area contributed by atoms with E-state index in [1.165, 1.54) is 32.0 Å². The van der Waals surface area contributed by atoms with Gasteiger partial charge in [-0.2, -0.15) is 0 Å². The van der Waals surface area contributed by atoms with E-state index in [9.17, 15) is 9.59 Å². The number of rotatable bonds is 2. The van der Waals surface area contributed by atoms with E-state index in [2.05, 4.69) is 0 Å². The van der Waals surface area contributed by atoms with Crippen LogP contribution in [0.5, 0.6) is 11.5 Å². The van der Waals surface area contributed by atoms with Crippen LogP contribution >= 0.6 is 0 Å². The minimum absolute atomic E-state index is 0.240. The van der Waals surface area contributed by atoms with Gasteiger partial charge in [0.2, 0.25) is 0 Å². The van der Waals surface area contributed by atoms with Gasteiger partial charge in [-0.05, 0) is 18.2 Å². The van der Waals surface area contributed by atoms with Crippen LogP contribution in [-0.2, 0) is 9.59 Å². The average molecular weight is 206 g/mol. The fourth-order valence-corrected chi connectivity index (χ4v) is 1.00. The van der Waals surface area contributed by atoms with Crippen molar-refractivity contribution in [3.63, 3.8) is 0 Å². The van der Waals surface area contributed by atoms with Gasteiger partial charge in [0.15, 0.2) is 0 Å². The number of hydrogen-bond donors (Lipinski definition) is 0. The lowest BCUT2D eigenvalue weighted by molar-refractivity contribution is -0.133. The van der Waals surface area contributed by atoms with E-state index in [1.54, 1.807) is 0 Å². The number of ether oxygens (including phenoxy) is 2. The lowest BCUT2D eigenvalue weighted by Gasteiger charge is -2.07. The molecule has 0 aliphatic carbocycles. The van der Waals surface area contributed by atoms with E-state index in [0.717, 1.165) is 0 Å². The Labute approximate surface area is 87.8 Å². The van der Waals surface area contributed by atoms with Gasteiger partial charge in [0, 0.05) is 26.3 Å². The summed E-state index contributed by atoms with van der Waals surface area (Å²) in [6, 6.07) is 4.38. The van der Waals surface area contributed by atoms with Crippen molar-refractivity contribution >= 4 is 11.9 Å². The van der Waals surface area contributed by atoms with Gasteiger partial charge in [-0.25, -0.2) is 0 Å². The molecular formula is C11H10O4. The topological polar surface area (TPSA) is 52.6 Å². The molecule has 0 fully saturated rings. The van der Waals surface area contributed by atoms with Gasteiger partial charge in [0.1, 0.15) is 11.5 Å². The van der Waals surface area contributed by atoms with Crippen molar-refractivity contribution in [2.75, 3.05) is 0 Å². The van der Waals surface area contributed by atoms with Crippen LogP contribution in [0.25, 0.3) is 0 Å². The highest BCUT2D eigenvalue weighted by molar-refractivity contribution is 5.71. The summed E-state index contributed by atoms with van der Waals surface area (Å²) in [7, 11) is 0. The predicted molar refractivity (Wildman–Crippen MR) is 52.5 cm³/mol. The van der Waals surface area contributed by atoms with Crippen LogP contribution in [0.4, 0.5) is 0 Å². The lowest BCUT2D eigenvalue weighted by Crippen LogP contribution is -2.04. The van der Waals surface area contributed by atoms with E-state index < -0.39 is 11.9 Å². The van der Waals surface area contributed by atoms with E-state index in [4.69, 9.17) is 16.4 Å². The molecule has 0 bridgehead atoms. The van der Waals surface area contributed by atoms with Crippen LogP contribution in [-0.4, -0.2) is 11.9 Å². The Morgan fingerprint density at radius 1 is 1.13 bits per heavy atom. The Morgan fingerprint density at radius 3 is 2.20 bits per heavy atom. The number of benzene rings is 1. The van der Waals surface area contributed by atoms with Crippen molar-refractivity contribution in [3.05, 3.63) is 30.7 Å². The molecule has 0 unspecified atom stereocenters. The van der Waals surface area contributed by atoms with Gasteiger partial charge >= 0.3 is 11.9 Å². The summed E-state index contributed by atoms with van der Waals surface area (Å²) < 4.78 is 9.60. The summed E-state index contributed by atoms with van der Waals surface area (Å²) in [4.78, 5) is 21.3. The first-order valence-corrected chi connectivity index (χ1v) is 4.25. The number of carbonyl (C=O) groups is 2. The van der Waals surface area contributed by atoms with E-state index in [0.29, 0.717) is 5.75 Å². The van der Waals surface area contributed by atoms with E-state index in [1.807, 2.05) is 0 Å². The molecule has 0 N–H and O–H groups in total. The third-order valence-corrected chi connectivity index (χ3v) is 1.50. The highest BCUT2D eigenvalue weighted by atomic mass is 16.5. The SMILES string of the molecule is [CH]c1cc(OC(C)=O)ccc1OC(C)=O. The molecule has 0 aromatic heterocycles. The van der Waals surface area contributed by atoms with Gasteiger partial charge in [-0.1, -0.05) is 0 Å². The molecule has 0 aliphatic heterocycles. The van der Waals surface area contributed by atoms with Crippen LogP contribution in [0.2, 0.25) is 0 Å². The van der Waals surface area contributed by atoms with Crippen molar-refractivity contribution in [3.8, 4) is 11.5 Å². The maximum absolute atomic E-state index is 10.7. The molecule has 2 radical (unpaired) electrons. The third kappa shape index (κ3) is 3.42. The minimum Gasteiger partial charge on any atom is -0.427 e. The first-order chi connectivity index (χ1) is 6.99. The molecule has 0 spiro atoms. The Balaban J connectivity index is 2.87. The summed E-state index contributed by atoms with van der Waals surface area (Å²) in [6.45, 7) is 8.14. The van der Waals surface area contributed by atoms with E-state index in [-0.39, 0.29) is 11.3 Å². The van der Waals surface area contributed by atoms with Gasteiger partial charge in [0.25, 0.3) is 0 Å². The summed E-state index contributed by atoms with van der Waals surface area (Å²) in [5.41, 5.74) is 0.240. The van der Waals surface area contributed by atoms with Gasteiger partial charge in [0.05, 0.1) is 0 Å². The fourth-order valence-electron chi connectivity index (χ4n) is 1.00. The number of carbonyl (C=O) groups excluding carboxylic acids is 2. The molecule has 78 valence electrons. The highest BCUT2D eigenvalue weighted by Crippen LogP contribution is 2.23. The first-order valence-electron chi connectivity index (χ1n) is 4.25. The van der Waals surface area contributed by atoms with Crippen LogP contribution in [0.15, 0.2) is 18.2 Å². The number of esters is 2. The molecule has 4 heteroatoms. The molecule has 0 atom stereocenters. The standard InChI is InChI=1S/C11H10O4/c1-7-6-10(14-8(2)12)4-5-11(7)15-9(3)13/h1,4-6H,2-3H3. The Bertz CT molecular complexity index is 396. The molecule has 0 aliphatic rings. The van der Waals surface area contributed by atoms with Gasteiger partial charge in [-0.3, -0.25) is 9.59 Å². The van der Waals surface area contributed by atoms with Crippen molar-refractivity contribution in [2.45, 2.75) is 13.8 Å². The predicted octanol–water partition coefficient (Wildman–Crippen LogP) is 1.60. The summed E-state index contributed by atoms with van der Waals surface area (Å²) in [5.74, 6) is -0.328. The Hall–Kier alpha value is -1.84. The third-order valence-electron chi connectivity index (χ3n) is 1.50. The van der Waals surface area contributed by atoms with Gasteiger partial charge < -0.3 is 9.47 Å². The van der Waals surface area contributed by atoms with Crippen molar-refractivity contribution in [1.82, 2.24) is 0 Å². The largest absolute Gasteiger partial charge is 0.427 e. The normalized spacial score (nSPS) is 9.53. The summed E-state index contributed by atoms with van der Waals surface area (Å²) in [5, 5.41) is 0. The second-order valence-corrected chi connectivity index (χ2v) is 2.89. The highest BCUT2D eigenvalue weighted by Gasteiger charge is 2.05. The minimum atomic E-state index is -0.457. The van der Waals surface area contributed by atoms with Crippen LogP contribution in [0.3, 0.4) is 0 Å². The molecule has 0 saturated heterocycles. The molecule has 0 amide bonds. The van der Waals surface area contributed by atoms with Gasteiger partial charge in [-0.15, -0.1) is 0 Å². The molecule has 1 aromatic rings. The summed E-state index contributed by atoms with van der Waals surface area (Å²) in [6.07, 6.45) is 0. The molecule has 0 heterocycles. The fraction of sp³-hybridized carbons (Fsp3) is 0.182. The van der Waals surface area contributed by atoms with Crippen molar-refractivity contribution in [2.24, 2.45) is 0 Å². The van der Waals surface area contributed by atoms with E-state index >= 15 is 0 Å². The maximum Gasteiger partial charge on any atom is 0.308 e. The zero-order chi connectivity index (χ0) is 11.4.